The predicted octanol–water partition coefficient (Wildman–Crippen LogP) is 6.96. The van der Waals surface area contributed by atoms with Crippen LogP contribution in [0.15, 0.2) is 42.5 Å². The molecule has 0 heterocycles. The zero-order valence-corrected chi connectivity index (χ0v) is 17.8. The molecule has 2 aromatic rings. The van der Waals surface area contributed by atoms with Crippen LogP contribution in [-0.4, -0.2) is 11.1 Å². The summed E-state index contributed by atoms with van der Waals surface area (Å²) in [7, 11) is 0. The number of hydrogen-bond acceptors (Lipinski definition) is 2. The zero-order valence-electron chi connectivity index (χ0n) is 16.3. The highest BCUT2D eigenvalue weighted by Crippen LogP contribution is 2.41. The first kappa shape index (κ1) is 22.7. The molecule has 5 heteroatoms. The van der Waals surface area contributed by atoms with Gasteiger partial charge < -0.3 is 10.8 Å². The number of hydrogen-bond donors (Lipinski definition) is 2. The van der Waals surface area contributed by atoms with E-state index in [1.165, 1.54) is 23.1 Å². The molecule has 0 aliphatic heterocycles. The Morgan fingerprint density at radius 2 is 1.75 bits per heavy atom. The van der Waals surface area contributed by atoms with Crippen molar-refractivity contribution >= 4 is 29.2 Å². The summed E-state index contributed by atoms with van der Waals surface area (Å²) in [5, 5.41) is 9.43. The van der Waals surface area contributed by atoms with Crippen molar-refractivity contribution in [1.29, 1.82) is 0 Å². The topological polar surface area (TPSA) is 63.3 Å². The highest BCUT2D eigenvalue weighted by atomic mass is 35.5. The van der Waals surface area contributed by atoms with E-state index in [-0.39, 0.29) is 6.04 Å². The van der Waals surface area contributed by atoms with E-state index in [0.717, 1.165) is 32.1 Å². The monoisotopic (exact) mass is 421 g/mol. The van der Waals surface area contributed by atoms with Gasteiger partial charge in [0.25, 0.3) is 0 Å². The lowest BCUT2D eigenvalue weighted by molar-refractivity contribution is -0.137. The fourth-order valence-corrected chi connectivity index (χ4v) is 3.91. The van der Waals surface area contributed by atoms with Crippen LogP contribution >= 0.6 is 23.2 Å². The molecule has 0 saturated carbocycles. The number of rotatable bonds is 6. The molecule has 2 aromatic carbocycles. The first-order chi connectivity index (χ1) is 13.4. The molecule has 0 bridgehead atoms. The highest BCUT2D eigenvalue weighted by molar-refractivity contribution is 6.42. The predicted molar refractivity (Wildman–Crippen MR) is 117 cm³/mol. The number of aliphatic carboxylic acids is 1. The first-order valence-electron chi connectivity index (χ1n) is 9.95. The molecular formula is C23H29Cl2NO2. The molecule has 0 amide bonds. The number of benzene rings is 2. The molecule has 0 saturated heterocycles. The maximum absolute atomic E-state index is 9.96. The van der Waals surface area contributed by atoms with Gasteiger partial charge in [-0.1, -0.05) is 79.7 Å². The van der Waals surface area contributed by atoms with E-state index in [2.05, 4.69) is 37.3 Å². The second-order valence-corrected chi connectivity index (χ2v) is 8.06. The van der Waals surface area contributed by atoms with E-state index in [0.29, 0.717) is 22.4 Å². The molecule has 3 N–H and O–H groups in total. The molecule has 3 rings (SSSR count). The minimum absolute atomic E-state index is 0.148. The summed E-state index contributed by atoms with van der Waals surface area (Å²) in [6.45, 7) is 2.11. The van der Waals surface area contributed by atoms with Gasteiger partial charge in [-0.2, -0.15) is 0 Å². The maximum Gasteiger partial charge on any atom is 0.303 e. The Morgan fingerprint density at radius 3 is 2.39 bits per heavy atom. The number of carboxylic acid groups (broad SMARTS) is 1. The molecule has 3 nitrogen and oxygen atoms in total. The minimum atomic E-state index is -0.675. The second kappa shape index (κ2) is 11.5. The van der Waals surface area contributed by atoms with E-state index in [4.69, 9.17) is 34.0 Å². The standard InChI is InChI=1S/C16H15Cl2N.C7H14O2/c17-14-7-5-10(9-15(14)18)11-6-8-16(19)13-4-2-1-3-12(11)13;1-2-3-4-5-6-7(8)9/h1-5,7,9,11,16H,6,8,19H2;2-6H2,1H3,(H,8,9)/t11-,16-;/m0./s1. The van der Waals surface area contributed by atoms with Crippen molar-refractivity contribution in [2.24, 2.45) is 5.73 Å². The van der Waals surface area contributed by atoms with Crippen LogP contribution in [0.5, 0.6) is 0 Å². The molecule has 2 atom stereocenters. The smallest absolute Gasteiger partial charge is 0.303 e. The van der Waals surface area contributed by atoms with Crippen molar-refractivity contribution in [1.82, 2.24) is 0 Å². The SMILES string of the molecule is CCCCCCC(=O)O.N[C@H]1CC[C@@H](c2ccc(Cl)c(Cl)c2)c2ccccc21. The third-order valence-corrected chi connectivity index (χ3v) is 5.87. The van der Waals surface area contributed by atoms with Gasteiger partial charge in [-0.05, 0) is 48.1 Å². The van der Waals surface area contributed by atoms with Gasteiger partial charge >= 0.3 is 5.97 Å². The van der Waals surface area contributed by atoms with Crippen molar-refractivity contribution in [3.8, 4) is 0 Å². The first-order valence-corrected chi connectivity index (χ1v) is 10.7. The molecule has 28 heavy (non-hydrogen) atoms. The fourth-order valence-electron chi connectivity index (χ4n) is 3.60. The van der Waals surface area contributed by atoms with Crippen LogP contribution in [0.3, 0.4) is 0 Å². The van der Waals surface area contributed by atoms with Gasteiger partial charge in [-0.25, -0.2) is 0 Å². The lowest BCUT2D eigenvalue weighted by Crippen LogP contribution is -2.20. The lowest BCUT2D eigenvalue weighted by Gasteiger charge is -2.30. The number of halogens is 2. The summed E-state index contributed by atoms with van der Waals surface area (Å²) in [6.07, 6.45) is 6.61. The second-order valence-electron chi connectivity index (χ2n) is 7.24. The van der Waals surface area contributed by atoms with Gasteiger partial charge in [-0.3, -0.25) is 4.79 Å². The number of nitrogens with two attached hydrogens (primary N) is 1. The summed E-state index contributed by atoms with van der Waals surface area (Å²) in [5.74, 6) is -0.308. The number of carbonyl (C=O) groups is 1. The van der Waals surface area contributed by atoms with Crippen LogP contribution in [-0.2, 0) is 4.79 Å². The Kier molecular flexibility index (Phi) is 9.30. The average Bonchev–Trinajstić information content (AvgIpc) is 2.68. The Balaban J connectivity index is 0.000000266. The Labute approximate surface area is 177 Å². The molecule has 0 aromatic heterocycles. The number of fused-ring (bicyclic) bond motifs is 1. The molecular weight excluding hydrogens is 393 g/mol. The summed E-state index contributed by atoms with van der Waals surface area (Å²) in [5.41, 5.74) is 9.98. The summed E-state index contributed by atoms with van der Waals surface area (Å²) in [6, 6.07) is 14.5. The molecule has 0 spiro atoms. The Hall–Kier alpha value is -1.55. The van der Waals surface area contributed by atoms with E-state index in [1.54, 1.807) is 0 Å². The van der Waals surface area contributed by atoms with Gasteiger partial charge in [0.1, 0.15) is 0 Å². The van der Waals surface area contributed by atoms with Crippen molar-refractivity contribution in [3.63, 3.8) is 0 Å². The van der Waals surface area contributed by atoms with Crippen LogP contribution in [0.4, 0.5) is 0 Å². The Bertz CT molecular complexity index is 779. The molecule has 0 radical (unpaired) electrons. The van der Waals surface area contributed by atoms with Gasteiger partial charge in [0, 0.05) is 18.4 Å². The Morgan fingerprint density at radius 1 is 1.04 bits per heavy atom. The van der Waals surface area contributed by atoms with Crippen molar-refractivity contribution < 1.29 is 9.90 Å². The third-order valence-electron chi connectivity index (χ3n) is 5.13. The van der Waals surface area contributed by atoms with E-state index in [1.807, 2.05) is 12.1 Å². The van der Waals surface area contributed by atoms with E-state index >= 15 is 0 Å². The molecule has 0 unspecified atom stereocenters. The van der Waals surface area contributed by atoms with E-state index < -0.39 is 5.97 Å². The normalized spacial score (nSPS) is 18.0. The van der Waals surface area contributed by atoms with Crippen molar-refractivity contribution in [2.45, 2.75) is 63.8 Å². The van der Waals surface area contributed by atoms with Crippen molar-refractivity contribution in [2.75, 3.05) is 0 Å². The van der Waals surface area contributed by atoms with Gasteiger partial charge in [0.2, 0.25) is 0 Å². The zero-order chi connectivity index (χ0) is 20.5. The van der Waals surface area contributed by atoms with Gasteiger partial charge in [-0.15, -0.1) is 0 Å². The van der Waals surface area contributed by atoms with Gasteiger partial charge in [0.15, 0.2) is 0 Å². The summed E-state index contributed by atoms with van der Waals surface area (Å²) < 4.78 is 0. The van der Waals surface area contributed by atoms with Gasteiger partial charge in [0.05, 0.1) is 10.0 Å². The number of unbranched alkanes of at least 4 members (excludes halogenated alkanes) is 3. The van der Waals surface area contributed by atoms with Crippen molar-refractivity contribution in [3.05, 3.63) is 69.2 Å². The molecule has 0 fully saturated rings. The van der Waals surface area contributed by atoms with E-state index in [9.17, 15) is 4.79 Å². The maximum atomic E-state index is 9.96. The quantitative estimate of drug-likeness (QED) is 0.495. The molecule has 1 aliphatic carbocycles. The van der Waals surface area contributed by atoms with Crippen LogP contribution in [0.1, 0.15) is 80.5 Å². The fraction of sp³-hybridized carbons (Fsp3) is 0.435. The average molecular weight is 422 g/mol. The largest absolute Gasteiger partial charge is 0.481 e. The lowest BCUT2D eigenvalue weighted by atomic mass is 9.77. The summed E-state index contributed by atoms with van der Waals surface area (Å²) >= 11 is 12.1. The van der Waals surface area contributed by atoms with Crippen LogP contribution in [0, 0.1) is 0 Å². The third kappa shape index (κ3) is 6.51. The molecule has 152 valence electrons. The molecule has 1 aliphatic rings. The number of carboxylic acids is 1. The minimum Gasteiger partial charge on any atom is -0.481 e. The van der Waals surface area contributed by atoms with Crippen LogP contribution in [0.2, 0.25) is 10.0 Å². The van der Waals surface area contributed by atoms with Crippen LogP contribution < -0.4 is 5.73 Å². The van der Waals surface area contributed by atoms with Crippen LogP contribution in [0.25, 0.3) is 0 Å². The summed E-state index contributed by atoms with van der Waals surface area (Å²) in [4.78, 5) is 9.96. The highest BCUT2D eigenvalue weighted by Gasteiger charge is 2.26.